The first-order valence-electron chi connectivity index (χ1n) is 5.52. The van der Waals surface area contributed by atoms with Crippen LogP contribution in [0.4, 0.5) is 5.69 Å². The first-order valence-corrected chi connectivity index (χ1v) is 5.90. The summed E-state index contributed by atoms with van der Waals surface area (Å²) >= 11 is 6.11. The van der Waals surface area contributed by atoms with Crippen molar-refractivity contribution in [3.05, 3.63) is 23.2 Å². The fourth-order valence-corrected chi connectivity index (χ4v) is 1.69. The van der Waals surface area contributed by atoms with Crippen LogP contribution < -0.4 is 15.4 Å². The molecule has 0 unspecified atom stereocenters. The van der Waals surface area contributed by atoms with E-state index in [0.29, 0.717) is 18.2 Å². The molecule has 0 spiro atoms. The molecule has 3 nitrogen and oxygen atoms in total. The van der Waals surface area contributed by atoms with Crippen LogP contribution in [0, 0.1) is 0 Å². The number of ether oxygens (including phenoxy) is 1. The summed E-state index contributed by atoms with van der Waals surface area (Å²) in [5.74, 6) is 0.736. The van der Waals surface area contributed by atoms with Crippen molar-refractivity contribution in [2.45, 2.75) is 13.3 Å². The van der Waals surface area contributed by atoms with Crippen molar-refractivity contribution < 1.29 is 4.74 Å². The number of nitrogens with two attached hydrogens (primary N) is 1. The summed E-state index contributed by atoms with van der Waals surface area (Å²) in [5, 5.41) is 0.652. The molecule has 1 aromatic carbocycles. The molecule has 0 saturated heterocycles. The lowest BCUT2D eigenvalue weighted by Gasteiger charge is -2.19. The lowest BCUT2D eigenvalue weighted by Crippen LogP contribution is -2.20. The van der Waals surface area contributed by atoms with Gasteiger partial charge < -0.3 is 15.4 Å². The maximum Gasteiger partial charge on any atom is 0.138 e. The third-order valence-electron chi connectivity index (χ3n) is 2.35. The van der Waals surface area contributed by atoms with E-state index < -0.39 is 0 Å². The molecule has 16 heavy (non-hydrogen) atoms. The van der Waals surface area contributed by atoms with E-state index in [4.69, 9.17) is 22.1 Å². The fraction of sp³-hybridized carbons (Fsp3) is 0.500. The number of hydrogen-bond donors (Lipinski definition) is 1. The van der Waals surface area contributed by atoms with Crippen LogP contribution in [0.15, 0.2) is 18.2 Å². The molecule has 0 amide bonds. The van der Waals surface area contributed by atoms with Crippen LogP contribution in [0.2, 0.25) is 5.02 Å². The van der Waals surface area contributed by atoms with Crippen molar-refractivity contribution in [2.24, 2.45) is 5.73 Å². The highest BCUT2D eigenvalue weighted by Crippen LogP contribution is 2.28. The summed E-state index contributed by atoms with van der Waals surface area (Å²) in [5.41, 5.74) is 6.56. The van der Waals surface area contributed by atoms with Gasteiger partial charge in [0.05, 0.1) is 11.6 Å². The van der Waals surface area contributed by atoms with E-state index in [1.54, 1.807) is 0 Å². The molecule has 0 aliphatic carbocycles. The molecule has 0 aliphatic rings. The molecule has 0 fully saturated rings. The maximum atomic E-state index is 6.11. The van der Waals surface area contributed by atoms with Gasteiger partial charge in [0.15, 0.2) is 0 Å². The van der Waals surface area contributed by atoms with E-state index in [0.717, 1.165) is 24.4 Å². The minimum atomic E-state index is 0.627. The molecule has 0 heterocycles. The Morgan fingerprint density at radius 3 is 2.75 bits per heavy atom. The monoisotopic (exact) mass is 242 g/mol. The number of anilines is 1. The van der Waals surface area contributed by atoms with Crippen molar-refractivity contribution in [3.63, 3.8) is 0 Å². The number of benzene rings is 1. The second kappa shape index (κ2) is 6.61. The first-order chi connectivity index (χ1) is 7.69. The Morgan fingerprint density at radius 2 is 2.19 bits per heavy atom. The molecule has 0 aliphatic heterocycles. The predicted octanol–water partition coefficient (Wildman–Crippen LogP) is 2.52. The number of halogens is 1. The van der Waals surface area contributed by atoms with Crippen molar-refractivity contribution in [2.75, 3.05) is 31.6 Å². The number of hydrogen-bond acceptors (Lipinski definition) is 3. The normalized spacial score (nSPS) is 10.2. The lowest BCUT2D eigenvalue weighted by atomic mass is 10.2. The second-order valence-electron chi connectivity index (χ2n) is 3.61. The highest BCUT2D eigenvalue weighted by atomic mass is 35.5. The minimum Gasteiger partial charge on any atom is -0.492 e. The van der Waals surface area contributed by atoms with E-state index in [1.165, 1.54) is 0 Å². The Bertz CT molecular complexity index is 331. The molecule has 0 radical (unpaired) electrons. The van der Waals surface area contributed by atoms with Gasteiger partial charge in [-0.05, 0) is 38.1 Å². The number of rotatable bonds is 6. The van der Waals surface area contributed by atoms with Gasteiger partial charge in [-0.3, -0.25) is 0 Å². The van der Waals surface area contributed by atoms with Crippen molar-refractivity contribution in [1.29, 1.82) is 0 Å². The zero-order chi connectivity index (χ0) is 12.0. The summed E-state index contributed by atoms with van der Waals surface area (Å²) in [6, 6.07) is 5.83. The molecule has 1 aromatic rings. The van der Waals surface area contributed by atoms with Crippen LogP contribution in [0.1, 0.15) is 13.3 Å². The van der Waals surface area contributed by atoms with Gasteiger partial charge in [-0.15, -0.1) is 0 Å². The van der Waals surface area contributed by atoms with Gasteiger partial charge in [0, 0.05) is 19.3 Å². The van der Waals surface area contributed by atoms with Gasteiger partial charge in [-0.25, -0.2) is 0 Å². The average molecular weight is 243 g/mol. The lowest BCUT2D eigenvalue weighted by molar-refractivity contribution is 0.340. The predicted molar refractivity (Wildman–Crippen MR) is 69.6 cm³/mol. The van der Waals surface area contributed by atoms with Crippen LogP contribution in [0.25, 0.3) is 0 Å². The molecule has 0 bridgehead atoms. The molecular weight excluding hydrogens is 224 g/mol. The van der Waals surface area contributed by atoms with Gasteiger partial charge in [0.25, 0.3) is 0 Å². The molecular formula is C12H19ClN2O. The summed E-state index contributed by atoms with van der Waals surface area (Å²) in [6.07, 6.45) is 0.974. The second-order valence-corrected chi connectivity index (χ2v) is 4.02. The highest BCUT2D eigenvalue weighted by molar-refractivity contribution is 6.32. The standard InChI is InChI=1S/C12H19ClN2O/c1-3-16-12-6-5-10(9-11(12)13)15(2)8-4-7-14/h5-6,9H,3-4,7-8,14H2,1-2H3. The van der Waals surface area contributed by atoms with Crippen molar-refractivity contribution >= 4 is 17.3 Å². The van der Waals surface area contributed by atoms with E-state index in [9.17, 15) is 0 Å². The van der Waals surface area contributed by atoms with Gasteiger partial charge in [-0.2, -0.15) is 0 Å². The van der Waals surface area contributed by atoms with Gasteiger partial charge >= 0.3 is 0 Å². The zero-order valence-corrected chi connectivity index (χ0v) is 10.6. The fourth-order valence-electron chi connectivity index (χ4n) is 1.46. The van der Waals surface area contributed by atoms with Gasteiger partial charge in [-0.1, -0.05) is 11.6 Å². The van der Waals surface area contributed by atoms with Crippen LogP contribution in [-0.2, 0) is 0 Å². The molecule has 2 N–H and O–H groups in total. The minimum absolute atomic E-state index is 0.627. The van der Waals surface area contributed by atoms with E-state index in [-0.39, 0.29) is 0 Å². The van der Waals surface area contributed by atoms with E-state index >= 15 is 0 Å². The van der Waals surface area contributed by atoms with Crippen LogP contribution >= 0.6 is 11.6 Å². The van der Waals surface area contributed by atoms with Gasteiger partial charge in [0.1, 0.15) is 5.75 Å². The highest BCUT2D eigenvalue weighted by Gasteiger charge is 2.05. The Hall–Kier alpha value is -0.930. The molecule has 0 atom stereocenters. The van der Waals surface area contributed by atoms with E-state index in [1.807, 2.05) is 32.2 Å². The molecule has 0 aromatic heterocycles. The molecule has 1 rings (SSSR count). The first kappa shape index (κ1) is 13.1. The molecule has 0 saturated carbocycles. The Labute approximate surface area is 102 Å². The SMILES string of the molecule is CCOc1ccc(N(C)CCCN)cc1Cl. The topological polar surface area (TPSA) is 38.5 Å². The van der Waals surface area contributed by atoms with Crippen molar-refractivity contribution in [1.82, 2.24) is 0 Å². The summed E-state index contributed by atoms with van der Waals surface area (Å²) in [7, 11) is 2.03. The Kier molecular flexibility index (Phi) is 5.43. The summed E-state index contributed by atoms with van der Waals surface area (Å²) < 4.78 is 5.38. The van der Waals surface area contributed by atoms with Crippen molar-refractivity contribution in [3.8, 4) is 5.75 Å². The van der Waals surface area contributed by atoms with Crippen LogP contribution in [0.3, 0.4) is 0 Å². The summed E-state index contributed by atoms with van der Waals surface area (Å²) in [4.78, 5) is 2.13. The Morgan fingerprint density at radius 1 is 1.44 bits per heavy atom. The van der Waals surface area contributed by atoms with Crippen LogP contribution in [-0.4, -0.2) is 26.7 Å². The molecule has 90 valence electrons. The Balaban J connectivity index is 2.71. The zero-order valence-electron chi connectivity index (χ0n) is 9.87. The maximum absolute atomic E-state index is 6.11. The smallest absolute Gasteiger partial charge is 0.138 e. The quantitative estimate of drug-likeness (QED) is 0.833. The largest absolute Gasteiger partial charge is 0.492 e. The van der Waals surface area contributed by atoms with Gasteiger partial charge in [0.2, 0.25) is 0 Å². The third-order valence-corrected chi connectivity index (χ3v) is 2.65. The third kappa shape index (κ3) is 3.58. The summed E-state index contributed by atoms with van der Waals surface area (Å²) in [6.45, 7) is 4.20. The average Bonchev–Trinajstić information content (AvgIpc) is 2.29. The number of nitrogens with zero attached hydrogens (tertiary/aromatic N) is 1. The van der Waals surface area contributed by atoms with E-state index in [2.05, 4.69) is 4.90 Å². The van der Waals surface area contributed by atoms with Crippen LogP contribution in [0.5, 0.6) is 5.75 Å². The molecule has 4 heteroatoms.